The Morgan fingerprint density at radius 3 is 2.60 bits per heavy atom. The van der Waals surface area contributed by atoms with Crippen molar-refractivity contribution in [2.24, 2.45) is 0 Å². The molecule has 0 radical (unpaired) electrons. The highest BCUT2D eigenvalue weighted by Crippen LogP contribution is 2.31. The number of para-hydroxylation sites is 2. The highest BCUT2D eigenvalue weighted by molar-refractivity contribution is 6.09. The van der Waals surface area contributed by atoms with Crippen molar-refractivity contribution >= 4 is 41.1 Å². The Morgan fingerprint density at radius 2 is 1.93 bits per heavy atom. The summed E-state index contributed by atoms with van der Waals surface area (Å²) in [5.41, 5.74) is -0.0628. The minimum atomic E-state index is -1.06. The first-order valence-corrected chi connectivity index (χ1v) is 9.67. The molecule has 30 heavy (non-hydrogen) atoms. The van der Waals surface area contributed by atoms with Gasteiger partial charge in [0.15, 0.2) is 6.61 Å². The molecule has 2 atom stereocenters. The number of rotatable bonds is 5. The van der Waals surface area contributed by atoms with Crippen molar-refractivity contribution < 1.29 is 28.7 Å². The molecule has 160 valence electrons. The lowest BCUT2D eigenvalue weighted by Gasteiger charge is -2.27. The third kappa shape index (κ3) is 3.98. The van der Waals surface area contributed by atoms with Crippen molar-refractivity contribution in [3.63, 3.8) is 0 Å². The number of hydrogen-bond acceptors (Lipinski definition) is 6. The molecule has 0 unspecified atom stereocenters. The molecule has 1 fully saturated rings. The number of carbonyl (C=O) groups is 5. The van der Waals surface area contributed by atoms with Gasteiger partial charge in [0.25, 0.3) is 11.8 Å². The molecule has 2 aliphatic heterocycles. The normalized spacial score (nSPS) is 23.4. The molecule has 0 saturated carbocycles. The van der Waals surface area contributed by atoms with Gasteiger partial charge in [0.1, 0.15) is 12.1 Å². The van der Waals surface area contributed by atoms with Crippen molar-refractivity contribution in [3.8, 4) is 0 Å². The third-order valence-corrected chi connectivity index (χ3v) is 5.32. The lowest BCUT2D eigenvalue weighted by atomic mass is 9.99. The number of esters is 1. The van der Waals surface area contributed by atoms with Crippen molar-refractivity contribution in [2.45, 2.75) is 45.2 Å². The number of ether oxygens (including phenoxy) is 1. The Hall–Kier alpha value is -3.43. The first-order chi connectivity index (χ1) is 14.2. The fourth-order valence-electron chi connectivity index (χ4n) is 3.48. The van der Waals surface area contributed by atoms with Gasteiger partial charge in [0.2, 0.25) is 5.91 Å². The van der Waals surface area contributed by atoms with Gasteiger partial charge in [0.05, 0.1) is 11.4 Å². The van der Waals surface area contributed by atoms with Crippen molar-refractivity contribution in [2.75, 3.05) is 23.4 Å². The number of fused-ring (bicyclic) bond motifs is 1. The number of nitrogens with zero attached hydrogens (tertiary/aromatic N) is 2. The third-order valence-electron chi connectivity index (χ3n) is 5.32. The zero-order valence-corrected chi connectivity index (χ0v) is 17.1. The predicted molar refractivity (Wildman–Crippen MR) is 107 cm³/mol. The molecule has 2 N–H and O–H groups in total. The molecule has 10 nitrogen and oxygen atoms in total. The first kappa shape index (κ1) is 21.3. The van der Waals surface area contributed by atoms with Crippen LogP contribution in [0.15, 0.2) is 24.3 Å². The van der Waals surface area contributed by atoms with Crippen molar-refractivity contribution in [1.82, 2.24) is 10.2 Å². The molecular formula is C20H24N4O6. The Balaban J connectivity index is 1.65. The molecule has 0 bridgehead atoms. The van der Waals surface area contributed by atoms with Crippen LogP contribution >= 0.6 is 0 Å². The van der Waals surface area contributed by atoms with Crippen LogP contribution in [0.4, 0.5) is 16.2 Å². The second kappa shape index (κ2) is 8.13. The molecule has 3 rings (SSSR count). The van der Waals surface area contributed by atoms with Crippen LogP contribution in [0.5, 0.6) is 0 Å². The highest BCUT2D eigenvalue weighted by Gasteiger charge is 2.47. The van der Waals surface area contributed by atoms with Crippen LogP contribution in [0.1, 0.15) is 33.6 Å². The SMILES string of the molecule is CC[C@@]1(C)NC(=O)N(CC(=O)OCC(=O)N2c3ccccc3NC(=O)C[C@@H]2C)C1=O. The molecule has 2 heterocycles. The Bertz CT molecular complexity index is 916. The predicted octanol–water partition coefficient (Wildman–Crippen LogP) is 1.01. The fraction of sp³-hybridized carbons (Fsp3) is 0.450. The number of imide groups is 1. The Kier molecular flexibility index (Phi) is 5.77. The van der Waals surface area contributed by atoms with E-state index < -0.39 is 48.5 Å². The average molecular weight is 416 g/mol. The van der Waals surface area contributed by atoms with Gasteiger partial charge in [-0.1, -0.05) is 19.1 Å². The lowest BCUT2D eigenvalue weighted by Crippen LogP contribution is -2.44. The van der Waals surface area contributed by atoms with Gasteiger partial charge in [-0.05, 0) is 32.4 Å². The molecule has 10 heteroatoms. The lowest BCUT2D eigenvalue weighted by molar-refractivity contribution is -0.150. The second-order valence-electron chi connectivity index (χ2n) is 7.55. The number of nitrogens with one attached hydrogen (secondary N) is 2. The minimum Gasteiger partial charge on any atom is -0.454 e. The van der Waals surface area contributed by atoms with Crippen LogP contribution in [0.2, 0.25) is 0 Å². The van der Waals surface area contributed by atoms with Gasteiger partial charge in [-0.3, -0.25) is 24.1 Å². The summed E-state index contributed by atoms with van der Waals surface area (Å²) < 4.78 is 5.04. The van der Waals surface area contributed by atoms with E-state index in [0.717, 1.165) is 4.90 Å². The standard InChI is InChI=1S/C20H24N4O6/c1-4-20(3)18(28)23(19(29)22-20)10-17(27)30-11-16(26)24-12(2)9-15(25)21-13-7-5-6-8-14(13)24/h5-8,12H,4,9-11H2,1-3H3,(H,21,25)(H,22,29)/t12-,20+/m0/s1. The van der Waals surface area contributed by atoms with Crippen molar-refractivity contribution in [3.05, 3.63) is 24.3 Å². The van der Waals surface area contributed by atoms with Gasteiger partial charge in [-0.15, -0.1) is 0 Å². The quantitative estimate of drug-likeness (QED) is 0.545. The zero-order chi connectivity index (χ0) is 22.1. The van der Waals surface area contributed by atoms with Crippen LogP contribution in [0.3, 0.4) is 0 Å². The van der Waals surface area contributed by atoms with E-state index in [2.05, 4.69) is 10.6 Å². The highest BCUT2D eigenvalue weighted by atomic mass is 16.5. The van der Waals surface area contributed by atoms with Crippen LogP contribution in [-0.2, 0) is 23.9 Å². The second-order valence-corrected chi connectivity index (χ2v) is 7.55. The van der Waals surface area contributed by atoms with Crippen LogP contribution in [0, 0.1) is 0 Å². The number of anilines is 2. The van der Waals surface area contributed by atoms with Crippen LogP contribution in [-0.4, -0.2) is 59.4 Å². The summed E-state index contributed by atoms with van der Waals surface area (Å²) in [5.74, 6) is -2.13. The van der Waals surface area contributed by atoms with Crippen LogP contribution < -0.4 is 15.5 Å². The van der Waals surface area contributed by atoms with Gasteiger partial charge >= 0.3 is 12.0 Å². The minimum absolute atomic E-state index is 0.0897. The number of urea groups is 1. The largest absolute Gasteiger partial charge is 0.454 e. The first-order valence-electron chi connectivity index (χ1n) is 9.67. The molecule has 0 aliphatic carbocycles. The number of benzene rings is 1. The van der Waals surface area contributed by atoms with E-state index in [1.807, 2.05) is 0 Å². The molecule has 1 saturated heterocycles. The van der Waals surface area contributed by atoms with E-state index in [1.165, 1.54) is 4.90 Å². The van der Waals surface area contributed by atoms with E-state index in [0.29, 0.717) is 17.8 Å². The maximum atomic E-state index is 12.8. The topological polar surface area (TPSA) is 125 Å². The summed E-state index contributed by atoms with van der Waals surface area (Å²) in [7, 11) is 0. The number of hydrogen-bond donors (Lipinski definition) is 2. The zero-order valence-electron chi connectivity index (χ0n) is 17.1. The summed E-state index contributed by atoms with van der Waals surface area (Å²) in [5, 5.41) is 5.29. The Labute approximate surface area is 173 Å². The molecule has 2 aliphatic rings. The monoisotopic (exact) mass is 416 g/mol. The molecule has 0 spiro atoms. The average Bonchev–Trinajstić information content (AvgIpc) is 2.83. The number of carbonyl (C=O) groups excluding carboxylic acids is 5. The molecule has 1 aromatic rings. The summed E-state index contributed by atoms with van der Waals surface area (Å²) in [6.45, 7) is 3.88. The summed E-state index contributed by atoms with van der Waals surface area (Å²) in [6.07, 6.45) is 0.465. The maximum absolute atomic E-state index is 12.8. The van der Waals surface area contributed by atoms with E-state index in [-0.39, 0.29) is 12.3 Å². The van der Waals surface area contributed by atoms with E-state index in [1.54, 1.807) is 45.0 Å². The molecular weight excluding hydrogens is 392 g/mol. The van der Waals surface area contributed by atoms with Crippen LogP contribution in [0.25, 0.3) is 0 Å². The Morgan fingerprint density at radius 1 is 1.23 bits per heavy atom. The van der Waals surface area contributed by atoms with E-state index in [4.69, 9.17) is 4.74 Å². The molecule has 5 amide bonds. The fourth-order valence-corrected chi connectivity index (χ4v) is 3.48. The summed E-state index contributed by atoms with van der Waals surface area (Å²) >= 11 is 0. The summed E-state index contributed by atoms with van der Waals surface area (Å²) in [6, 6.07) is 5.72. The van der Waals surface area contributed by atoms with E-state index >= 15 is 0 Å². The van der Waals surface area contributed by atoms with E-state index in [9.17, 15) is 24.0 Å². The van der Waals surface area contributed by atoms with Gasteiger partial charge in [0, 0.05) is 12.5 Å². The van der Waals surface area contributed by atoms with Gasteiger partial charge < -0.3 is 20.3 Å². The van der Waals surface area contributed by atoms with Gasteiger partial charge in [-0.25, -0.2) is 4.79 Å². The van der Waals surface area contributed by atoms with Crippen molar-refractivity contribution in [1.29, 1.82) is 0 Å². The smallest absolute Gasteiger partial charge is 0.326 e. The molecule has 1 aromatic carbocycles. The molecule has 0 aromatic heterocycles. The summed E-state index contributed by atoms with van der Waals surface area (Å²) in [4.78, 5) is 63.6. The maximum Gasteiger partial charge on any atom is 0.326 e. The van der Waals surface area contributed by atoms with Gasteiger partial charge in [-0.2, -0.15) is 0 Å². The number of amides is 5.